The molecule has 1 fully saturated rings. The van der Waals surface area contributed by atoms with Crippen LogP contribution < -0.4 is 49.4 Å². The van der Waals surface area contributed by atoms with Crippen LogP contribution in [0.1, 0.15) is 34.8 Å². The van der Waals surface area contributed by atoms with Crippen molar-refractivity contribution in [3.63, 3.8) is 0 Å². The van der Waals surface area contributed by atoms with Gasteiger partial charge in [0.2, 0.25) is 12.7 Å². The number of carbonyl (C=O) groups is 3. The van der Waals surface area contributed by atoms with Gasteiger partial charge >= 0.3 is 12.0 Å². The van der Waals surface area contributed by atoms with Crippen LogP contribution in [0.3, 0.4) is 0 Å². The molecule has 1 saturated heterocycles. The van der Waals surface area contributed by atoms with Gasteiger partial charge in [-0.2, -0.15) is 0 Å². The number of urea groups is 1. The second-order valence-electron chi connectivity index (χ2n) is 11.1. The summed E-state index contributed by atoms with van der Waals surface area (Å²) in [4.78, 5) is 38.4. The summed E-state index contributed by atoms with van der Waals surface area (Å²) >= 11 is 0. The van der Waals surface area contributed by atoms with Crippen molar-refractivity contribution in [2.75, 3.05) is 38.9 Å². The number of nitrogens with one attached hydrogen (secondary N) is 3. The summed E-state index contributed by atoms with van der Waals surface area (Å²) < 4.78 is 30.2. The van der Waals surface area contributed by atoms with Crippen LogP contribution in [-0.2, 0) is 22.5 Å². The lowest BCUT2D eigenvalue weighted by Gasteiger charge is -2.30. The first kappa shape index (κ1) is 33.0. The van der Waals surface area contributed by atoms with Crippen LogP contribution in [0.25, 0.3) is 0 Å². The largest absolute Gasteiger partial charge is 1.00 e. The van der Waals surface area contributed by atoms with Crippen LogP contribution in [0.15, 0.2) is 66.7 Å². The molecule has 3 atom stereocenters. The average Bonchev–Trinajstić information content (AvgIpc) is 3.60. The van der Waals surface area contributed by atoms with E-state index in [0.29, 0.717) is 16.8 Å². The van der Waals surface area contributed by atoms with Gasteiger partial charge in [-0.25, -0.2) is 14.0 Å². The Balaban J connectivity index is 0.00000442. The van der Waals surface area contributed by atoms with E-state index in [2.05, 4.69) is 23.0 Å². The van der Waals surface area contributed by atoms with Crippen LogP contribution in [0.2, 0.25) is 0 Å². The second kappa shape index (κ2) is 14.7. The Labute approximate surface area is 272 Å². The molecule has 234 valence electrons. The molecule has 0 spiro atoms. The number of quaternary nitrogens is 1. The number of carbonyl (C=O) groups excluding carboxylic acids is 3. The summed E-state index contributed by atoms with van der Waals surface area (Å²) in [6.07, 6.45) is 0.965. The van der Waals surface area contributed by atoms with E-state index in [1.54, 1.807) is 43.3 Å². The number of ether oxygens (including phenoxy) is 3. The highest BCUT2D eigenvalue weighted by atomic mass is 127. The minimum absolute atomic E-state index is 0. The zero-order valence-corrected chi connectivity index (χ0v) is 26.8. The molecule has 0 aliphatic carbocycles. The number of benzene rings is 3. The van der Waals surface area contributed by atoms with Crippen molar-refractivity contribution in [1.29, 1.82) is 0 Å². The third-order valence-electron chi connectivity index (χ3n) is 7.66. The third kappa shape index (κ3) is 8.59. The molecule has 10 nitrogen and oxygen atoms in total. The molecule has 0 radical (unpaired) electrons. The van der Waals surface area contributed by atoms with Crippen LogP contribution in [-0.4, -0.2) is 68.0 Å². The van der Waals surface area contributed by atoms with Crippen molar-refractivity contribution in [2.24, 2.45) is 0 Å². The van der Waals surface area contributed by atoms with Crippen LogP contribution in [0.4, 0.5) is 14.9 Å². The fraction of sp³-hybridized carbons (Fsp3) is 0.344. The number of halogens is 2. The highest BCUT2D eigenvalue weighted by Gasteiger charge is 2.37. The summed E-state index contributed by atoms with van der Waals surface area (Å²) in [5.74, 6) is 0.337. The summed E-state index contributed by atoms with van der Waals surface area (Å²) in [6.45, 7) is 4.59. The number of hydrogen-bond acceptors (Lipinski definition) is 6. The lowest BCUT2D eigenvalue weighted by atomic mass is 10.0. The van der Waals surface area contributed by atoms with Gasteiger partial charge in [0.05, 0.1) is 38.3 Å². The van der Waals surface area contributed by atoms with Gasteiger partial charge in [0.15, 0.2) is 11.5 Å². The molecule has 0 bridgehead atoms. The zero-order valence-electron chi connectivity index (χ0n) is 24.6. The first-order chi connectivity index (χ1) is 20.7. The van der Waals surface area contributed by atoms with E-state index >= 15 is 0 Å². The smallest absolute Gasteiger partial charge is 0.338 e. The summed E-state index contributed by atoms with van der Waals surface area (Å²) in [6, 6.07) is 16.5. The molecule has 3 aromatic rings. The maximum atomic E-state index is 13.5. The minimum atomic E-state index is -0.905. The predicted molar refractivity (Wildman–Crippen MR) is 157 cm³/mol. The molecule has 5 rings (SSSR count). The quantitative estimate of drug-likeness (QED) is 0.164. The molecular formula is C32H36FIN4O6. The maximum Gasteiger partial charge on any atom is 0.338 e. The van der Waals surface area contributed by atoms with E-state index in [9.17, 15) is 18.8 Å². The van der Waals surface area contributed by atoms with Gasteiger partial charge in [-0.1, -0.05) is 12.1 Å². The Morgan fingerprint density at radius 1 is 1.00 bits per heavy atom. The van der Waals surface area contributed by atoms with Gasteiger partial charge < -0.3 is 58.6 Å². The fourth-order valence-corrected chi connectivity index (χ4v) is 5.52. The third-order valence-corrected chi connectivity index (χ3v) is 7.66. The molecule has 2 aliphatic rings. The van der Waals surface area contributed by atoms with Gasteiger partial charge in [-0.15, -0.1) is 0 Å². The molecular weight excluding hydrogens is 682 g/mol. The SMILES string of the molecule is CCOC(=O)c1ccc(NC(=O)N[C@@H](Cc2ccc(F)cc2)C(=O)N[C@H]2CC[N+](C)(Cc3ccc4c(c3)OCO4)C2)cc1.[I-]. The lowest BCUT2D eigenvalue weighted by Crippen LogP contribution is -3.00. The summed E-state index contributed by atoms with van der Waals surface area (Å²) in [7, 11) is 2.16. The highest BCUT2D eigenvalue weighted by Crippen LogP contribution is 2.34. The number of likely N-dealkylation sites (N-methyl/N-ethyl adjacent to an activating group) is 1. The number of esters is 1. The van der Waals surface area contributed by atoms with Gasteiger partial charge in [0.25, 0.3) is 0 Å². The highest BCUT2D eigenvalue weighted by molar-refractivity contribution is 5.95. The van der Waals surface area contributed by atoms with Crippen molar-refractivity contribution < 1.29 is 61.4 Å². The topological polar surface area (TPSA) is 115 Å². The first-order valence-corrected chi connectivity index (χ1v) is 14.3. The molecule has 12 heteroatoms. The van der Waals surface area contributed by atoms with Gasteiger partial charge in [0.1, 0.15) is 18.4 Å². The van der Waals surface area contributed by atoms with E-state index in [4.69, 9.17) is 14.2 Å². The van der Waals surface area contributed by atoms with E-state index in [-0.39, 0.29) is 61.6 Å². The monoisotopic (exact) mass is 718 g/mol. The van der Waals surface area contributed by atoms with Crippen molar-refractivity contribution in [2.45, 2.75) is 38.4 Å². The van der Waals surface area contributed by atoms with Crippen molar-refractivity contribution >= 4 is 23.6 Å². The average molecular weight is 719 g/mol. The van der Waals surface area contributed by atoms with Crippen LogP contribution in [0.5, 0.6) is 11.5 Å². The number of fused-ring (bicyclic) bond motifs is 1. The Morgan fingerprint density at radius 3 is 2.43 bits per heavy atom. The Bertz CT molecular complexity index is 1470. The van der Waals surface area contributed by atoms with Crippen LogP contribution >= 0.6 is 0 Å². The van der Waals surface area contributed by atoms with Crippen molar-refractivity contribution in [3.8, 4) is 11.5 Å². The molecule has 1 unspecified atom stereocenters. The number of amides is 3. The summed E-state index contributed by atoms with van der Waals surface area (Å²) in [5.41, 5.74) is 2.64. The van der Waals surface area contributed by atoms with Gasteiger partial charge in [0, 0.05) is 24.1 Å². The van der Waals surface area contributed by atoms with E-state index < -0.39 is 18.0 Å². The molecule has 3 N–H and O–H groups in total. The number of likely N-dealkylation sites (tertiary alicyclic amines) is 1. The Morgan fingerprint density at radius 2 is 1.70 bits per heavy atom. The first-order valence-electron chi connectivity index (χ1n) is 14.3. The number of rotatable bonds is 10. The minimum Gasteiger partial charge on any atom is -1.00 e. The maximum absolute atomic E-state index is 13.5. The second-order valence-corrected chi connectivity index (χ2v) is 11.1. The van der Waals surface area contributed by atoms with Gasteiger partial charge in [-0.3, -0.25) is 4.79 Å². The number of hydrogen-bond donors (Lipinski definition) is 3. The van der Waals surface area contributed by atoms with E-state index in [1.807, 2.05) is 18.2 Å². The molecule has 0 aromatic heterocycles. The zero-order chi connectivity index (χ0) is 30.4. The molecule has 3 aromatic carbocycles. The van der Waals surface area contributed by atoms with Crippen molar-refractivity contribution in [3.05, 3.63) is 89.2 Å². The normalized spacial score (nSPS) is 18.9. The molecule has 2 aliphatic heterocycles. The molecule has 44 heavy (non-hydrogen) atoms. The number of nitrogens with zero attached hydrogens (tertiary/aromatic N) is 1. The van der Waals surface area contributed by atoms with E-state index in [1.165, 1.54) is 12.1 Å². The predicted octanol–water partition coefficient (Wildman–Crippen LogP) is 1.00. The molecule has 0 saturated carbocycles. The van der Waals surface area contributed by atoms with Crippen molar-refractivity contribution in [1.82, 2.24) is 10.6 Å². The molecule has 3 amide bonds. The fourth-order valence-electron chi connectivity index (χ4n) is 5.52. The standard InChI is InChI=1S/C32H35FN4O6.HI/c1-3-41-31(39)23-7-11-25(12-8-23)35-32(40)36-27(16-21-4-9-24(33)10-5-21)30(38)34-26-14-15-37(2,19-26)18-22-6-13-28-29(17-22)43-20-42-28;/h4-13,17,26-27H,3,14-16,18-20H2,1-2H3,(H2-,34,35,36,38,39,40);1H/t26-,27-,37?;/m0./s1. The van der Waals surface area contributed by atoms with E-state index in [0.717, 1.165) is 47.6 Å². The van der Waals surface area contributed by atoms with Gasteiger partial charge in [-0.05, 0) is 67.1 Å². The Kier molecular flexibility index (Phi) is 11.0. The van der Waals surface area contributed by atoms with Crippen LogP contribution in [0, 0.1) is 5.82 Å². The number of anilines is 1. The lowest BCUT2D eigenvalue weighted by molar-refractivity contribution is -0.911. The summed E-state index contributed by atoms with van der Waals surface area (Å²) in [5, 5.41) is 8.60. The molecule has 2 heterocycles. The Hall–Kier alpha value is -3.91.